The second kappa shape index (κ2) is 5.72. The van der Waals surface area contributed by atoms with Crippen LogP contribution in [0.4, 0.5) is 5.69 Å². The molecule has 0 saturated heterocycles. The van der Waals surface area contributed by atoms with Gasteiger partial charge in [0.05, 0.1) is 17.8 Å². The molecule has 0 aromatic heterocycles. The van der Waals surface area contributed by atoms with E-state index in [0.29, 0.717) is 10.7 Å². The van der Waals surface area contributed by atoms with Gasteiger partial charge >= 0.3 is 0 Å². The molecule has 2 N–H and O–H groups in total. The summed E-state index contributed by atoms with van der Waals surface area (Å²) in [5.41, 5.74) is 6.03. The Morgan fingerprint density at radius 2 is 1.92 bits per heavy atom. The molecule has 0 spiro atoms. The molecule has 0 aliphatic rings. The molecule has 0 radical (unpaired) electrons. The van der Waals surface area contributed by atoms with Gasteiger partial charge < -0.3 is 10.5 Å². The number of nitrogen functional groups attached to an aromatic ring is 1. The van der Waals surface area contributed by atoms with Gasteiger partial charge in [0.15, 0.2) is 0 Å². The number of anilines is 1. The predicted octanol–water partition coefficient (Wildman–Crippen LogP) is 2.96. The van der Waals surface area contributed by atoms with Crippen LogP contribution in [-0.2, 0) is 0 Å². The molecule has 1 aromatic rings. The molecule has 0 amide bonds. The third-order valence-corrected chi connectivity index (χ3v) is 1.53. The van der Waals surface area contributed by atoms with Gasteiger partial charge in [0.1, 0.15) is 5.75 Å². The summed E-state index contributed by atoms with van der Waals surface area (Å²) in [5.74, 6) is 0.721. The van der Waals surface area contributed by atoms with Crippen LogP contribution in [0.3, 0.4) is 0 Å². The molecule has 12 heavy (non-hydrogen) atoms. The van der Waals surface area contributed by atoms with E-state index in [1.807, 2.05) is 13.8 Å². The summed E-state index contributed by atoms with van der Waals surface area (Å²) in [4.78, 5) is 0. The Bertz CT molecular complexity index is 238. The van der Waals surface area contributed by atoms with E-state index in [1.54, 1.807) is 25.3 Å². The molecule has 0 aliphatic carbocycles. The maximum Gasteiger partial charge on any atom is 0.120 e. The van der Waals surface area contributed by atoms with E-state index >= 15 is 0 Å². The first-order valence-electron chi connectivity index (χ1n) is 3.83. The fourth-order valence-electron chi connectivity index (χ4n) is 0.635. The summed E-state index contributed by atoms with van der Waals surface area (Å²) < 4.78 is 4.91. The smallest absolute Gasteiger partial charge is 0.120 e. The Morgan fingerprint density at radius 3 is 2.33 bits per heavy atom. The van der Waals surface area contributed by atoms with Crippen LogP contribution in [0, 0.1) is 0 Å². The van der Waals surface area contributed by atoms with Gasteiger partial charge in [-0.3, -0.25) is 0 Å². The minimum Gasteiger partial charge on any atom is -0.497 e. The Kier molecular flexibility index (Phi) is 5.30. The topological polar surface area (TPSA) is 35.2 Å². The number of hydrogen-bond acceptors (Lipinski definition) is 2. The van der Waals surface area contributed by atoms with Gasteiger partial charge in [0.25, 0.3) is 0 Å². The van der Waals surface area contributed by atoms with Crippen LogP contribution < -0.4 is 10.5 Å². The summed E-state index contributed by atoms with van der Waals surface area (Å²) in [6.07, 6.45) is 0. The molecule has 1 aromatic carbocycles. The third kappa shape index (κ3) is 3.01. The molecule has 2 nitrogen and oxygen atoms in total. The molecule has 68 valence electrons. The van der Waals surface area contributed by atoms with Gasteiger partial charge in [-0.05, 0) is 12.1 Å². The standard InChI is InChI=1S/C7H8ClNO.C2H6/c1-10-5-2-3-7(9)6(8)4-5;1-2/h2-4H,9H2,1H3;1-2H3. The molecule has 0 saturated carbocycles. The van der Waals surface area contributed by atoms with E-state index in [9.17, 15) is 0 Å². The van der Waals surface area contributed by atoms with Crippen molar-refractivity contribution in [1.82, 2.24) is 0 Å². The average Bonchev–Trinajstić information content (AvgIpc) is 2.13. The fourth-order valence-corrected chi connectivity index (χ4v) is 0.805. The van der Waals surface area contributed by atoms with Gasteiger partial charge in [0, 0.05) is 6.07 Å². The maximum absolute atomic E-state index is 5.69. The van der Waals surface area contributed by atoms with Crippen molar-refractivity contribution in [2.75, 3.05) is 12.8 Å². The van der Waals surface area contributed by atoms with E-state index in [0.717, 1.165) is 5.75 Å². The lowest BCUT2D eigenvalue weighted by Crippen LogP contribution is -1.87. The van der Waals surface area contributed by atoms with Crippen molar-refractivity contribution in [1.29, 1.82) is 0 Å². The van der Waals surface area contributed by atoms with Crippen LogP contribution in [0.1, 0.15) is 13.8 Å². The van der Waals surface area contributed by atoms with Crippen molar-refractivity contribution >= 4 is 17.3 Å². The number of rotatable bonds is 1. The summed E-state index contributed by atoms with van der Waals surface area (Å²) in [6.45, 7) is 4.00. The number of methoxy groups -OCH3 is 1. The zero-order valence-electron chi connectivity index (χ0n) is 7.60. The predicted molar refractivity (Wildman–Crippen MR) is 53.8 cm³/mol. The second-order valence-electron chi connectivity index (χ2n) is 1.89. The van der Waals surface area contributed by atoms with Crippen LogP contribution in [0.5, 0.6) is 5.75 Å². The molecule has 0 fully saturated rings. The van der Waals surface area contributed by atoms with Gasteiger partial charge in [-0.15, -0.1) is 0 Å². The Hall–Kier alpha value is -0.890. The van der Waals surface area contributed by atoms with E-state index in [2.05, 4.69) is 0 Å². The highest BCUT2D eigenvalue weighted by Gasteiger charge is 1.95. The van der Waals surface area contributed by atoms with Crippen LogP contribution in [0.2, 0.25) is 5.02 Å². The Morgan fingerprint density at radius 1 is 1.33 bits per heavy atom. The third-order valence-electron chi connectivity index (χ3n) is 1.21. The minimum absolute atomic E-state index is 0.527. The quantitative estimate of drug-likeness (QED) is 0.687. The molecule has 0 unspecified atom stereocenters. The SMILES string of the molecule is CC.COc1ccc(N)c(Cl)c1. The highest BCUT2D eigenvalue weighted by molar-refractivity contribution is 6.33. The lowest BCUT2D eigenvalue weighted by Gasteiger charge is -2.00. The van der Waals surface area contributed by atoms with E-state index in [-0.39, 0.29) is 0 Å². The summed E-state index contributed by atoms with van der Waals surface area (Å²) in [6, 6.07) is 5.15. The molecular formula is C9H14ClNO. The highest BCUT2D eigenvalue weighted by atomic mass is 35.5. The van der Waals surface area contributed by atoms with Crippen molar-refractivity contribution in [2.24, 2.45) is 0 Å². The molecule has 1 rings (SSSR count). The van der Waals surface area contributed by atoms with Gasteiger partial charge in [0.2, 0.25) is 0 Å². The van der Waals surface area contributed by atoms with Gasteiger partial charge in [-0.2, -0.15) is 0 Å². The van der Waals surface area contributed by atoms with Crippen molar-refractivity contribution in [2.45, 2.75) is 13.8 Å². The lowest BCUT2D eigenvalue weighted by atomic mass is 10.3. The van der Waals surface area contributed by atoms with Crippen molar-refractivity contribution in [3.63, 3.8) is 0 Å². The van der Waals surface area contributed by atoms with E-state index < -0.39 is 0 Å². The van der Waals surface area contributed by atoms with Gasteiger partial charge in [-0.25, -0.2) is 0 Å². The minimum atomic E-state index is 0.527. The van der Waals surface area contributed by atoms with E-state index in [1.165, 1.54) is 0 Å². The van der Waals surface area contributed by atoms with Crippen molar-refractivity contribution in [3.8, 4) is 5.75 Å². The van der Waals surface area contributed by atoms with Crippen LogP contribution in [0.25, 0.3) is 0 Å². The number of ether oxygens (including phenoxy) is 1. The maximum atomic E-state index is 5.69. The lowest BCUT2D eigenvalue weighted by molar-refractivity contribution is 0.415. The fraction of sp³-hybridized carbons (Fsp3) is 0.333. The first-order valence-corrected chi connectivity index (χ1v) is 4.21. The Balaban J connectivity index is 0.000000561. The number of nitrogens with two attached hydrogens (primary N) is 1. The Labute approximate surface area is 78.3 Å². The molecule has 0 aliphatic heterocycles. The van der Waals surface area contributed by atoms with Crippen LogP contribution in [-0.4, -0.2) is 7.11 Å². The largest absolute Gasteiger partial charge is 0.497 e. The zero-order valence-corrected chi connectivity index (χ0v) is 8.35. The normalized spacial score (nSPS) is 8.33. The zero-order chi connectivity index (χ0) is 9.56. The molecular weight excluding hydrogens is 174 g/mol. The monoisotopic (exact) mass is 187 g/mol. The molecule has 3 heteroatoms. The second-order valence-corrected chi connectivity index (χ2v) is 2.29. The molecule has 0 bridgehead atoms. The van der Waals surface area contributed by atoms with Crippen LogP contribution in [0.15, 0.2) is 18.2 Å². The molecule has 0 atom stereocenters. The van der Waals surface area contributed by atoms with Crippen molar-refractivity contribution < 1.29 is 4.74 Å². The van der Waals surface area contributed by atoms with Gasteiger partial charge in [-0.1, -0.05) is 25.4 Å². The number of benzene rings is 1. The van der Waals surface area contributed by atoms with Crippen LogP contribution >= 0.6 is 11.6 Å². The van der Waals surface area contributed by atoms with E-state index in [4.69, 9.17) is 22.1 Å². The highest BCUT2D eigenvalue weighted by Crippen LogP contribution is 2.23. The first-order chi connectivity index (χ1) is 5.74. The van der Waals surface area contributed by atoms with Crippen molar-refractivity contribution in [3.05, 3.63) is 23.2 Å². The number of halogens is 1. The summed E-state index contributed by atoms with van der Waals surface area (Å²) in [5, 5.41) is 0.527. The first kappa shape index (κ1) is 11.1. The summed E-state index contributed by atoms with van der Waals surface area (Å²) in [7, 11) is 1.59. The average molecular weight is 188 g/mol. The number of hydrogen-bond donors (Lipinski definition) is 1. The molecule has 0 heterocycles. The summed E-state index contributed by atoms with van der Waals surface area (Å²) >= 11 is 5.69.